The Balaban J connectivity index is 2.60. The Morgan fingerprint density at radius 3 is 2.62 bits per heavy atom. The minimum absolute atomic E-state index is 0.0201. The van der Waals surface area contributed by atoms with Gasteiger partial charge in [-0.1, -0.05) is 12.1 Å². The van der Waals surface area contributed by atoms with Crippen LogP contribution in [0, 0.1) is 18.3 Å². The third-order valence-corrected chi connectivity index (χ3v) is 3.46. The molecule has 24 heavy (non-hydrogen) atoms. The molecule has 0 amide bonds. The van der Waals surface area contributed by atoms with Crippen molar-refractivity contribution in [1.29, 1.82) is 5.26 Å². The number of carbonyl (C=O) groups excluding carboxylic acids is 1. The van der Waals surface area contributed by atoms with Crippen molar-refractivity contribution in [2.75, 3.05) is 7.11 Å². The largest absolute Gasteiger partial charge is 0.493 e. The fourth-order valence-corrected chi connectivity index (χ4v) is 2.07. The van der Waals surface area contributed by atoms with E-state index in [1.807, 2.05) is 0 Å². The van der Waals surface area contributed by atoms with Gasteiger partial charge in [0.1, 0.15) is 17.3 Å². The van der Waals surface area contributed by atoms with Crippen LogP contribution in [-0.4, -0.2) is 22.8 Å². The number of aromatic nitrogens is 1. The fourth-order valence-electron chi connectivity index (χ4n) is 2.07. The van der Waals surface area contributed by atoms with Gasteiger partial charge in [-0.25, -0.2) is 4.79 Å². The molecule has 0 aliphatic carbocycles. The first kappa shape index (κ1) is 16.9. The summed E-state index contributed by atoms with van der Waals surface area (Å²) in [6, 6.07) is 8.17. The number of carbonyl (C=O) groups is 1. The molecule has 8 nitrogen and oxygen atoms in total. The molecule has 0 aliphatic heterocycles. The average molecular weight is 326 g/mol. The number of azo groups is 1. The molecule has 1 aromatic heterocycles. The quantitative estimate of drug-likeness (QED) is 0.687. The van der Waals surface area contributed by atoms with E-state index in [1.165, 1.54) is 27.1 Å². The molecule has 0 saturated carbocycles. The van der Waals surface area contributed by atoms with E-state index in [1.54, 1.807) is 24.3 Å². The van der Waals surface area contributed by atoms with E-state index in [-0.39, 0.29) is 28.1 Å². The summed E-state index contributed by atoms with van der Waals surface area (Å²) < 4.78 is 5.58. The highest BCUT2D eigenvalue weighted by Gasteiger charge is 2.17. The molecular weight excluding hydrogens is 312 g/mol. The summed E-state index contributed by atoms with van der Waals surface area (Å²) in [6.07, 6.45) is 0. The number of esters is 1. The molecule has 0 unspecified atom stereocenters. The summed E-state index contributed by atoms with van der Waals surface area (Å²) in [5.74, 6) is -1.00. The van der Waals surface area contributed by atoms with Crippen molar-refractivity contribution in [3.63, 3.8) is 0 Å². The first-order chi connectivity index (χ1) is 11.4. The SMILES string of the molecule is COC(=O)c1ccccc1/N=N/c1c(C)c(C#N)c(=O)n(C)c1O. The van der Waals surface area contributed by atoms with E-state index in [0.29, 0.717) is 0 Å². The van der Waals surface area contributed by atoms with Gasteiger partial charge in [-0.2, -0.15) is 5.26 Å². The Hall–Kier alpha value is -3.47. The lowest BCUT2D eigenvalue weighted by Gasteiger charge is -2.09. The van der Waals surface area contributed by atoms with E-state index in [9.17, 15) is 14.7 Å². The topological polar surface area (TPSA) is 117 Å². The minimum atomic E-state index is -0.624. The van der Waals surface area contributed by atoms with Crippen molar-refractivity contribution >= 4 is 17.3 Å². The molecule has 2 aromatic rings. The minimum Gasteiger partial charge on any atom is -0.493 e. The molecule has 0 atom stereocenters. The van der Waals surface area contributed by atoms with Gasteiger partial charge in [-0.3, -0.25) is 9.36 Å². The van der Waals surface area contributed by atoms with E-state index in [0.717, 1.165) is 4.57 Å². The highest BCUT2D eigenvalue weighted by Crippen LogP contribution is 2.32. The number of methoxy groups -OCH3 is 1. The molecule has 122 valence electrons. The maximum absolute atomic E-state index is 11.9. The molecule has 0 spiro atoms. The second-order valence-corrected chi connectivity index (χ2v) is 4.86. The third kappa shape index (κ3) is 2.87. The van der Waals surface area contributed by atoms with Crippen LogP contribution in [0.25, 0.3) is 0 Å². The Morgan fingerprint density at radius 1 is 1.33 bits per heavy atom. The van der Waals surface area contributed by atoms with Crippen LogP contribution in [0.2, 0.25) is 0 Å². The second-order valence-electron chi connectivity index (χ2n) is 4.86. The molecule has 0 saturated heterocycles. The number of aromatic hydroxyl groups is 1. The summed E-state index contributed by atoms with van der Waals surface area (Å²) in [6.45, 7) is 1.49. The van der Waals surface area contributed by atoms with E-state index >= 15 is 0 Å². The van der Waals surface area contributed by atoms with E-state index < -0.39 is 17.4 Å². The molecule has 0 radical (unpaired) electrons. The number of benzene rings is 1. The number of nitrogens with zero attached hydrogens (tertiary/aromatic N) is 4. The van der Waals surface area contributed by atoms with Crippen LogP contribution in [0.1, 0.15) is 21.5 Å². The predicted molar refractivity (Wildman–Crippen MR) is 84.8 cm³/mol. The zero-order valence-corrected chi connectivity index (χ0v) is 13.3. The Morgan fingerprint density at radius 2 is 2.00 bits per heavy atom. The van der Waals surface area contributed by atoms with Gasteiger partial charge in [-0.05, 0) is 19.1 Å². The monoisotopic (exact) mass is 326 g/mol. The summed E-state index contributed by atoms with van der Waals surface area (Å²) in [5.41, 5.74) is -0.139. The van der Waals surface area contributed by atoms with Crippen LogP contribution in [0.5, 0.6) is 5.88 Å². The van der Waals surface area contributed by atoms with Gasteiger partial charge in [0, 0.05) is 12.6 Å². The molecule has 2 rings (SSSR count). The second kappa shape index (κ2) is 6.75. The molecule has 1 heterocycles. The van der Waals surface area contributed by atoms with Gasteiger partial charge in [-0.15, -0.1) is 10.2 Å². The fraction of sp³-hybridized carbons (Fsp3) is 0.188. The summed E-state index contributed by atoms with van der Waals surface area (Å²) in [5, 5.41) is 27.1. The van der Waals surface area contributed by atoms with Crippen molar-refractivity contribution in [3.8, 4) is 11.9 Å². The zero-order chi connectivity index (χ0) is 17.9. The van der Waals surface area contributed by atoms with Crippen molar-refractivity contribution < 1.29 is 14.6 Å². The summed E-state index contributed by atoms with van der Waals surface area (Å²) in [4.78, 5) is 23.6. The van der Waals surface area contributed by atoms with Crippen LogP contribution in [0.3, 0.4) is 0 Å². The first-order valence-electron chi connectivity index (χ1n) is 6.84. The lowest BCUT2D eigenvalue weighted by Crippen LogP contribution is -2.20. The van der Waals surface area contributed by atoms with Crippen LogP contribution in [0.4, 0.5) is 11.4 Å². The summed E-state index contributed by atoms with van der Waals surface area (Å²) >= 11 is 0. The van der Waals surface area contributed by atoms with Crippen LogP contribution in [0.15, 0.2) is 39.3 Å². The lowest BCUT2D eigenvalue weighted by molar-refractivity contribution is 0.0601. The van der Waals surface area contributed by atoms with Gasteiger partial charge in [0.25, 0.3) is 5.56 Å². The Kier molecular flexibility index (Phi) is 4.75. The number of nitriles is 1. The van der Waals surface area contributed by atoms with Gasteiger partial charge < -0.3 is 9.84 Å². The normalized spacial score (nSPS) is 10.6. The molecule has 0 bridgehead atoms. The zero-order valence-electron chi connectivity index (χ0n) is 13.3. The lowest BCUT2D eigenvalue weighted by atomic mass is 10.1. The highest BCUT2D eigenvalue weighted by atomic mass is 16.5. The molecular formula is C16H14N4O4. The maximum atomic E-state index is 11.9. The third-order valence-electron chi connectivity index (χ3n) is 3.46. The summed E-state index contributed by atoms with van der Waals surface area (Å²) in [7, 11) is 2.57. The van der Waals surface area contributed by atoms with Gasteiger partial charge >= 0.3 is 5.97 Å². The average Bonchev–Trinajstić information content (AvgIpc) is 2.60. The van der Waals surface area contributed by atoms with Crippen LogP contribution < -0.4 is 5.56 Å². The number of ether oxygens (including phenoxy) is 1. The predicted octanol–water partition coefficient (Wildman–Crippen LogP) is 2.47. The first-order valence-corrected chi connectivity index (χ1v) is 6.84. The van der Waals surface area contributed by atoms with E-state index in [4.69, 9.17) is 5.26 Å². The van der Waals surface area contributed by atoms with E-state index in [2.05, 4.69) is 15.0 Å². The van der Waals surface area contributed by atoms with Gasteiger partial charge in [0.2, 0.25) is 5.88 Å². The smallest absolute Gasteiger partial charge is 0.340 e. The van der Waals surface area contributed by atoms with Crippen LogP contribution in [-0.2, 0) is 11.8 Å². The van der Waals surface area contributed by atoms with Crippen molar-refractivity contribution in [1.82, 2.24) is 4.57 Å². The molecule has 0 fully saturated rings. The Bertz CT molecular complexity index is 938. The molecule has 1 N–H and O–H groups in total. The van der Waals surface area contributed by atoms with Gasteiger partial charge in [0.05, 0.1) is 12.7 Å². The molecule has 0 aliphatic rings. The van der Waals surface area contributed by atoms with Crippen molar-refractivity contribution in [2.24, 2.45) is 17.3 Å². The maximum Gasteiger partial charge on any atom is 0.340 e. The molecule has 1 aromatic carbocycles. The van der Waals surface area contributed by atoms with Crippen molar-refractivity contribution in [2.45, 2.75) is 6.92 Å². The van der Waals surface area contributed by atoms with Crippen molar-refractivity contribution in [3.05, 3.63) is 51.3 Å². The standard InChI is InChI=1S/C16H14N4O4/c1-9-11(8-17)14(21)20(2)15(22)13(9)19-18-12-7-5-4-6-10(12)16(23)24-3/h4-7,22H,1-3H3/b19-18+. The van der Waals surface area contributed by atoms with Crippen LogP contribution >= 0.6 is 0 Å². The number of hydrogen-bond donors (Lipinski definition) is 1. The number of hydrogen-bond acceptors (Lipinski definition) is 7. The van der Waals surface area contributed by atoms with Gasteiger partial charge in [0.15, 0.2) is 5.69 Å². The number of rotatable bonds is 3. The molecule has 8 heteroatoms. The number of pyridine rings is 1. The Labute approximate surface area is 137 Å². The highest BCUT2D eigenvalue weighted by molar-refractivity contribution is 5.94.